The highest BCUT2D eigenvalue weighted by molar-refractivity contribution is 7.92. The van der Waals surface area contributed by atoms with Crippen LogP contribution in [0.3, 0.4) is 0 Å². The van der Waals surface area contributed by atoms with Crippen molar-refractivity contribution in [3.63, 3.8) is 0 Å². The number of morpholine rings is 1. The van der Waals surface area contributed by atoms with Gasteiger partial charge in [0.25, 0.3) is 0 Å². The van der Waals surface area contributed by atoms with Crippen LogP contribution in [-0.4, -0.2) is 105 Å². The van der Waals surface area contributed by atoms with Crippen LogP contribution >= 0.6 is 11.3 Å². The Morgan fingerprint density at radius 3 is 2.63 bits per heavy atom. The quantitative estimate of drug-likeness (QED) is 0.462. The second kappa shape index (κ2) is 10.5. The van der Waals surface area contributed by atoms with Gasteiger partial charge in [-0.05, 0) is 32.3 Å². The van der Waals surface area contributed by atoms with Crippen molar-refractivity contribution >= 4 is 43.2 Å². The van der Waals surface area contributed by atoms with E-state index in [1.807, 2.05) is 0 Å². The summed E-state index contributed by atoms with van der Waals surface area (Å²) in [6, 6.07) is 1.72. The third-order valence-electron chi connectivity index (χ3n) is 7.01. The first-order chi connectivity index (χ1) is 18.0. The van der Waals surface area contributed by atoms with E-state index < -0.39 is 10.0 Å². The Kier molecular flexibility index (Phi) is 7.48. The zero-order chi connectivity index (χ0) is 27.1. The van der Waals surface area contributed by atoms with Crippen molar-refractivity contribution in [2.24, 2.45) is 0 Å². The van der Waals surface area contributed by atoms with Gasteiger partial charge in [-0.15, -0.1) is 11.3 Å². The van der Waals surface area contributed by atoms with Crippen molar-refractivity contribution in [1.29, 1.82) is 0 Å². The Labute approximate surface area is 227 Å². The highest BCUT2D eigenvalue weighted by Crippen LogP contribution is 2.38. The van der Waals surface area contributed by atoms with Gasteiger partial charge in [0, 0.05) is 62.1 Å². The van der Waals surface area contributed by atoms with Gasteiger partial charge in [0.05, 0.1) is 42.5 Å². The molecule has 0 aromatic carbocycles. The van der Waals surface area contributed by atoms with Crippen LogP contribution in [0.5, 0.6) is 5.88 Å². The predicted molar refractivity (Wildman–Crippen MR) is 151 cm³/mol. The monoisotopic (exact) mass is 561 g/mol. The van der Waals surface area contributed by atoms with Crippen molar-refractivity contribution in [1.82, 2.24) is 24.8 Å². The average Bonchev–Trinajstić information content (AvgIpc) is 3.27. The van der Waals surface area contributed by atoms with Crippen LogP contribution in [0.15, 0.2) is 17.6 Å². The summed E-state index contributed by atoms with van der Waals surface area (Å²) in [5.41, 5.74) is 3.80. The van der Waals surface area contributed by atoms with Crippen LogP contribution in [0.25, 0.3) is 21.5 Å². The van der Waals surface area contributed by atoms with E-state index in [4.69, 9.17) is 19.4 Å². The number of pyridine rings is 1. The summed E-state index contributed by atoms with van der Waals surface area (Å²) in [5.74, 6) is 0.837. The van der Waals surface area contributed by atoms with Crippen molar-refractivity contribution < 1.29 is 17.9 Å². The topological polar surface area (TPSA) is 113 Å². The number of nitrogens with one attached hydrogen (secondary N) is 1. The molecule has 13 heteroatoms. The lowest BCUT2D eigenvalue weighted by atomic mass is 9.98. The molecule has 0 amide bonds. The zero-order valence-electron chi connectivity index (χ0n) is 22.5. The van der Waals surface area contributed by atoms with Crippen molar-refractivity contribution in [3.8, 4) is 17.1 Å². The van der Waals surface area contributed by atoms with Gasteiger partial charge in [0.2, 0.25) is 21.9 Å². The zero-order valence-corrected chi connectivity index (χ0v) is 24.2. The number of piperazine rings is 1. The Morgan fingerprint density at radius 1 is 1.18 bits per heavy atom. The molecule has 2 saturated heterocycles. The first kappa shape index (κ1) is 27.0. The van der Waals surface area contributed by atoms with Gasteiger partial charge >= 0.3 is 0 Å². The molecule has 1 N–H and O–H groups in total. The molecule has 3 aromatic heterocycles. The number of nitrogens with zero attached hydrogens (tertiary/aromatic N) is 6. The predicted octanol–water partition coefficient (Wildman–Crippen LogP) is 2.50. The van der Waals surface area contributed by atoms with E-state index in [0.29, 0.717) is 37.8 Å². The van der Waals surface area contributed by atoms with Crippen LogP contribution in [0.2, 0.25) is 0 Å². The highest BCUT2D eigenvalue weighted by Gasteiger charge is 2.33. The van der Waals surface area contributed by atoms with Crippen LogP contribution in [0.4, 0.5) is 11.6 Å². The van der Waals surface area contributed by atoms with Crippen LogP contribution < -0.4 is 14.4 Å². The Hall–Kier alpha value is -2.58. The van der Waals surface area contributed by atoms with Crippen LogP contribution in [0, 0.1) is 0 Å². The van der Waals surface area contributed by atoms with Gasteiger partial charge in [-0.1, -0.05) is 0 Å². The molecule has 11 nitrogen and oxygen atoms in total. The summed E-state index contributed by atoms with van der Waals surface area (Å²) in [6.07, 6.45) is 2.77. The smallest absolute Gasteiger partial charge is 0.238 e. The lowest BCUT2D eigenvalue weighted by molar-refractivity contribution is 0.0257. The fourth-order valence-corrected chi connectivity index (χ4v) is 6.67. The lowest BCUT2D eigenvalue weighted by Gasteiger charge is -2.46. The molecule has 38 heavy (non-hydrogen) atoms. The maximum absolute atomic E-state index is 12.0. The third-order valence-corrected chi connectivity index (χ3v) is 8.63. The van der Waals surface area contributed by atoms with Crippen molar-refractivity contribution in [3.05, 3.63) is 23.2 Å². The molecule has 0 unspecified atom stereocenters. The molecule has 2 fully saturated rings. The molecule has 2 aliphatic rings. The largest absolute Gasteiger partial charge is 0.480 e. The minimum atomic E-state index is -3.54. The number of rotatable bonds is 7. The molecule has 5 rings (SSSR count). The highest BCUT2D eigenvalue weighted by atomic mass is 32.2. The summed E-state index contributed by atoms with van der Waals surface area (Å²) in [6.45, 7) is 11.0. The van der Waals surface area contributed by atoms with Crippen molar-refractivity contribution in [2.45, 2.75) is 25.9 Å². The van der Waals surface area contributed by atoms with Gasteiger partial charge in [-0.2, -0.15) is 0 Å². The van der Waals surface area contributed by atoms with Gasteiger partial charge in [0.15, 0.2) is 0 Å². The molecule has 2 aliphatic heterocycles. The van der Waals surface area contributed by atoms with E-state index in [-0.39, 0.29) is 17.1 Å². The number of thiophene rings is 1. The van der Waals surface area contributed by atoms with E-state index in [1.165, 1.54) is 7.11 Å². The first-order valence-electron chi connectivity index (χ1n) is 12.6. The second-order valence-electron chi connectivity index (χ2n) is 10.5. The maximum Gasteiger partial charge on any atom is 0.238 e. The molecular formula is C25H35N7O4S2. The summed E-state index contributed by atoms with van der Waals surface area (Å²) in [5, 5.41) is 2.17. The molecule has 0 radical (unpaired) electrons. The molecular weight excluding hydrogens is 526 g/mol. The minimum Gasteiger partial charge on any atom is -0.480 e. The molecule has 0 spiro atoms. The number of sulfonamides is 1. The molecule has 0 saturated carbocycles. The number of fused-ring (bicyclic) bond motifs is 1. The lowest BCUT2D eigenvalue weighted by Crippen LogP contribution is -2.57. The fraction of sp³-hybridized carbons (Fsp3) is 0.560. The SMILES string of the molecule is COc1ncc(-c2nc(N3CCOCC3)nc3c(CN4CCN(C)CC4(C)C)csc23)cc1NS(C)(=O)=O. The van der Waals surface area contributed by atoms with E-state index in [0.717, 1.165) is 53.9 Å². The van der Waals surface area contributed by atoms with Crippen LogP contribution in [0.1, 0.15) is 19.4 Å². The number of likely N-dealkylation sites (N-methyl/N-ethyl adjacent to an activating group) is 1. The number of hydrogen-bond acceptors (Lipinski definition) is 11. The second-order valence-corrected chi connectivity index (χ2v) is 13.2. The number of ether oxygens (including phenoxy) is 2. The molecule has 3 aromatic rings. The first-order valence-corrected chi connectivity index (χ1v) is 15.4. The molecule has 5 heterocycles. The number of anilines is 2. The summed E-state index contributed by atoms with van der Waals surface area (Å²) >= 11 is 1.61. The fourth-order valence-electron chi connectivity index (χ4n) is 5.12. The maximum atomic E-state index is 12.0. The van der Waals surface area contributed by atoms with E-state index >= 15 is 0 Å². The van der Waals surface area contributed by atoms with Gasteiger partial charge in [-0.25, -0.2) is 23.4 Å². The number of aromatic nitrogens is 3. The molecule has 0 bridgehead atoms. The molecule has 0 atom stereocenters. The van der Waals surface area contributed by atoms with Gasteiger partial charge in [0.1, 0.15) is 5.69 Å². The number of hydrogen-bond donors (Lipinski definition) is 1. The summed E-state index contributed by atoms with van der Waals surface area (Å²) in [7, 11) is 0.0932. The molecule has 206 valence electrons. The summed E-state index contributed by atoms with van der Waals surface area (Å²) in [4.78, 5) is 21.5. The Morgan fingerprint density at radius 2 is 1.95 bits per heavy atom. The van der Waals surface area contributed by atoms with E-state index in [9.17, 15) is 8.42 Å². The Balaban J connectivity index is 1.61. The third kappa shape index (κ3) is 5.71. The minimum absolute atomic E-state index is 0.0380. The average molecular weight is 562 g/mol. The summed E-state index contributed by atoms with van der Waals surface area (Å²) < 4.78 is 38.3. The number of methoxy groups -OCH3 is 1. The van der Waals surface area contributed by atoms with Gasteiger partial charge < -0.3 is 19.3 Å². The van der Waals surface area contributed by atoms with Gasteiger partial charge in [-0.3, -0.25) is 9.62 Å². The standard InChI is InChI=1S/C25H35N7O4S2/c1-25(2)16-30(3)6-7-32(25)14-18-15-37-22-20(27-24(28-21(18)22)31-8-10-36-11-9-31)17-12-19(29-38(5,33)34)23(35-4)26-13-17/h12-13,15,29H,6-11,14,16H2,1-5H3. The van der Waals surface area contributed by atoms with Crippen molar-refractivity contribution in [2.75, 3.05) is 76.0 Å². The Bertz CT molecular complexity index is 1420. The van der Waals surface area contributed by atoms with Crippen LogP contribution in [-0.2, 0) is 21.3 Å². The van der Waals surface area contributed by atoms with E-state index in [1.54, 1.807) is 23.6 Å². The molecule has 0 aliphatic carbocycles. The van der Waals surface area contributed by atoms with E-state index in [2.05, 4.69) is 50.7 Å². The normalized spacial score (nSPS) is 19.1.